The van der Waals surface area contributed by atoms with Crippen molar-refractivity contribution in [1.82, 2.24) is 10.2 Å². The molecule has 6 nitrogen and oxygen atoms in total. The molecule has 21 heavy (non-hydrogen) atoms. The van der Waals surface area contributed by atoms with Crippen molar-refractivity contribution >= 4 is 34.8 Å². The van der Waals surface area contributed by atoms with E-state index in [0.717, 1.165) is 6.42 Å². The molecule has 114 valence electrons. The zero-order valence-corrected chi connectivity index (χ0v) is 12.6. The molecule has 1 aliphatic rings. The van der Waals surface area contributed by atoms with Crippen molar-refractivity contribution in [3.8, 4) is 0 Å². The van der Waals surface area contributed by atoms with Gasteiger partial charge in [0.1, 0.15) is 0 Å². The largest absolute Gasteiger partial charge is 0.397 e. The van der Waals surface area contributed by atoms with Gasteiger partial charge in [-0.15, -0.1) is 0 Å². The zero-order chi connectivity index (χ0) is 15.4. The Bertz CT molecular complexity index is 550. The molecule has 1 atom stereocenters. The van der Waals surface area contributed by atoms with Gasteiger partial charge in [-0.2, -0.15) is 0 Å². The molecule has 2 rings (SSSR count). The Morgan fingerprint density at radius 3 is 3.05 bits per heavy atom. The summed E-state index contributed by atoms with van der Waals surface area (Å²) in [6.45, 7) is 3.33. The van der Waals surface area contributed by atoms with Crippen LogP contribution >= 0.6 is 11.6 Å². The number of benzene rings is 1. The maximum atomic E-state index is 12.3. The Morgan fingerprint density at radius 1 is 1.52 bits per heavy atom. The van der Waals surface area contributed by atoms with Gasteiger partial charge in [-0.25, -0.2) is 0 Å². The molecule has 1 fully saturated rings. The topological polar surface area (TPSA) is 87.5 Å². The van der Waals surface area contributed by atoms with Crippen LogP contribution in [0.1, 0.15) is 13.3 Å². The Kier molecular flexibility index (Phi) is 5.03. The van der Waals surface area contributed by atoms with E-state index in [4.69, 9.17) is 17.3 Å². The van der Waals surface area contributed by atoms with Crippen molar-refractivity contribution in [2.75, 3.05) is 30.7 Å². The molecule has 0 aliphatic carbocycles. The highest BCUT2D eigenvalue weighted by Gasteiger charge is 2.25. The standard InChI is InChI=1S/C14H19ClN4O2/c1-9(19-6-2-5-17-13(20)8-19)14(21)18-12-7-10(15)3-4-11(12)16/h3-4,7,9H,2,5-6,8,16H2,1H3,(H,17,20)(H,18,21). The van der Waals surface area contributed by atoms with E-state index >= 15 is 0 Å². The second-order valence-corrected chi connectivity index (χ2v) is 5.51. The van der Waals surface area contributed by atoms with Gasteiger partial charge in [-0.3, -0.25) is 14.5 Å². The average molecular weight is 311 g/mol. The highest BCUT2D eigenvalue weighted by Crippen LogP contribution is 2.23. The fraction of sp³-hybridized carbons (Fsp3) is 0.429. The maximum Gasteiger partial charge on any atom is 0.241 e. The van der Waals surface area contributed by atoms with E-state index in [1.807, 2.05) is 4.90 Å². The van der Waals surface area contributed by atoms with Crippen molar-refractivity contribution < 1.29 is 9.59 Å². The number of carbonyl (C=O) groups excluding carboxylic acids is 2. The van der Waals surface area contributed by atoms with E-state index in [2.05, 4.69) is 10.6 Å². The van der Waals surface area contributed by atoms with Gasteiger partial charge in [0.05, 0.1) is 24.0 Å². The van der Waals surface area contributed by atoms with E-state index in [-0.39, 0.29) is 18.4 Å². The number of halogens is 1. The Labute approximate surface area is 128 Å². The zero-order valence-electron chi connectivity index (χ0n) is 11.9. The predicted octanol–water partition coefficient (Wildman–Crippen LogP) is 1.07. The van der Waals surface area contributed by atoms with Gasteiger partial charge in [0.15, 0.2) is 0 Å². The number of amides is 2. The molecule has 7 heteroatoms. The number of carbonyl (C=O) groups is 2. The molecule has 0 saturated carbocycles. The van der Waals surface area contributed by atoms with Crippen LogP contribution in [0.4, 0.5) is 11.4 Å². The molecule has 1 saturated heterocycles. The monoisotopic (exact) mass is 310 g/mol. The summed E-state index contributed by atoms with van der Waals surface area (Å²) in [5.41, 5.74) is 6.75. The Hall–Kier alpha value is -1.79. The fourth-order valence-corrected chi connectivity index (χ4v) is 2.37. The third kappa shape index (κ3) is 4.09. The summed E-state index contributed by atoms with van der Waals surface area (Å²) in [7, 11) is 0. The first kappa shape index (κ1) is 15.6. The van der Waals surface area contributed by atoms with Gasteiger partial charge in [-0.1, -0.05) is 11.6 Å². The number of nitrogens with zero attached hydrogens (tertiary/aromatic N) is 1. The number of hydrogen-bond donors (Lipinski definition) is 3. The average Bonchev–Trinajstić information content (AvgIpc) is 2.66. The third-order valence-corrected chi connectivity index (χ3v) is 3.73. The second-order valence-electron chi connectivity index (χ2n) is 5.07. The Morgan fingerprint density at radius 2 is 2.29 bits per heavy atom. The maximum absolute atomic E-state index is 12.3. The Balaban J connectivity index is 2.04. The molecular formula is C14H19ClN4O2. The van der Waals surface area contributed by atoms with Crippen LogP contribution in [-0.2, 0) is 9.59 Å². The van der Waals surface area contributed by atoms with E-state index in [0.29, 0.717) is 29.5 Å². The third-order valence-electron chi connectivity index (χ3n) is 3.49. The minimum Gasteiger partial charge on any atom is -0.397 e. The lowest BCUT2D eigenvalue weighted by Crippen LogP contribution is -2.45. The first-order chi connectivity index (χ1) is 9.97. The van der Waals surface area contributed by atoms with E-state index < -0.39 is 6.04 Å². The van der Waals surface area contributed by atoms with Crippen LogP contribution in [0, 0.1) is 0 Å². The summed E-state index contributed by atoms with van der Waals surface area (Å²) in [4.78, 5) is 25.7. The van der Waals surface area contributed by atoms with E-state index in [1.54, 1.807) is 25.1 Å². The normalized spacial score (nSPS) is 17.7. The first-order valence-electron chi connectivity index (χ1n) is 6.84. The molecule has 1 aromatic carbocycles. The second kappa shape index (κ2) is 6.78. The van der Waals surface area contributed by atoms with Crippen molar-refractivity contribution in [3.63, 3.8) is 0 Å². The molecular weight excluding hydrogens is 292 g/mol. The molecule has 1 unspecified atom stereocenters. The van der Waals surface area contributed by atoms with Crippen molar-refractivity contribution in [2.24, 2.45) is 0 Å². The quantitative estimate of drug-likeness (QED) is 0.729. The van der Waals surface area contributed by atoms with Crippen molar-refractivity contribution in [3.05, 3.63) is 23.2 Å². The number of nitrogens with one attached hydrogen (secondary N) is 2. The van der Waals surface area contributed by atoms with Gasteiger partial charge >= 0.3 is 0 Å². The summed E-state index contributed by atoms with van der Waals surface area (Å²) in [6, 6.07) is 4.49. The van der Waals surface area contributed by atoms with Gasteiger partial charge in [0.25, 0.3) is 0 Å². The van der Waals surface area contributed by atoms with Crippen LogP contribution in [0.5, 0.6) is 0 Å². The molecule has 0 spiro atoms. The van der Waals surface area contributed by atoms with Crippen LogP contribution in [-0.4, -0.2) is 42.4 Å². The lowest BCUT2D eigenvalue weighted by Gasteiger charge is -2.25. The molecule has 4 N–H and O–H groups in total. The van der Waals surface area contributed by atoms with Crippen molar-refractivity contribution in [2.45, 2.75) is 19.4 Å². The predicted molar refractivity (Wildman–Crippen MR) is 83.2 cm³/mol. The summed E-state index contributed by atoms with van der Waals surface area (Å²) in [5, 5.41) is 6.05. The molecule has 0 aromatic heterocycles. The van der Waals surface area contributed by atoms with Gasteiger partial charge in [0.2, 0.25) is 11.8 Å². The molecule has 0 bridgehead atoms. The smallest absolute Gasteiger partial charge is 0.241 e. The number of anilines is 2. The fourth-order valence-electron chi connectivity index (χ4n) is 2.20. The SMILES string of the molecule is CC(C(=O)Nc1cc(Cl)ccc1N)N1CCCNC(=O)C1. The molecule has 2 amide bonds. The number of hydrogen-bond acceptors (Lipinski definition) is 4. The highest BCUT2D eigenvalue weighted by molar-refractivity contribution is 6.31. The number of rotatable bonds is 3. The minimum absolute atomic E-state index is 0.0607. The number of nitrogen functional groups attached to an aromatic ring is 1. The summed E-state index contributed by atoms with van der Waals surface area (Å²) >= 11 is 5.90. The van der Waals surface area contributed by atoms with E-state index in [9.17, 15) is 9.59 Å². The van der Waals surface area contributed by atoms with Gasteiger partial charge < -0.3 is 16.4 Å². The van der Waals surface area contributed by atoms with Crippen LogP contribution in [0.3, 0.4) is 0 Å². The van der Waals surface area contributed by atoms with Crippen molar-refractivity contribution in [1.29, 1.82) is 0 Å². The lowest BCUT2D eigenvalue weighted by atomic mass is 10.2. The molecule has 1 heterocycles. The van der Waals surface area contributed by atoms with Gasteiger partial charge in [0, 0.05) is 18.1 Å². The molecule has 0 radical (unpaired) electrons. The van der Waals surface area contributed by atoms with Crippen LogP contribution < -0.4 is 16.4 Å². The molecule has 1 aliphatic heterocycles. The number of nitrogens with two attached hydrogens (primary N) is 1. The van der Waals surface area contributed by atoms with Gasteiger partial charge in [-0.05, 0) is 31.5 Å². The first-order valence-corrected chi connectivity index (χ1v) is 7.22. The van der Waals surface area contributed by atoms with Crippen LogP contribution in [0.15, 0.2) is 18.2 Å². The summed E-state index contributed by atoms with van der Waals surface area (Å²) < 4.78 is 0. The van der Waals surface area contributed by atoms with Crippen LogP contribution in [0.25, 0.3) is 0 Å². The van der Waals surface area contributed by atoms with E-state index in [1.165, 1.54) is 0 Å². The van der Waals surface area contributed by atoms with Crippen LogP contribution in [0.2, 0.25) is 5.02 Å². The molecule has 1 aromatic rings. The summed E-state index contributed by atoms with van der Waals surface area (Å²) in [5.74, 6) is -0.270. The lowest BCUT2D eigenvalue weighted by molar-refractivity contribution is -0.124. The summed E-state index contributed by atoms with van der Waals surface area (Å²) in [6.07, 6.45) is 0.822. The minimum atomic E-state index is -0.424. The highest BCUT2D eigenvalue weighted by atomic mass is 35.5.